The van der Waals surface area contributed by atoms with Crippen molar-refractivity contribution in [2.75, 3.05) is 5.43 Å². The Hall–Kier alpha value is -2.03. The molecule has 0 atom stereocenters. The molecule has 1 aliphatic heterocycles. The van der Waals surface area contributed by atoms with Crippen LogP contribution < -0.4 is 5.43 Å². The van der Waals surface area contributed by atoms with Gasteiger partial charge in [0.05, 0.1) is 0 Å². The number of nitrogens with zero attached hydrogens (tertiary/aromatic N) is 3. The molecule has 0 saturated carbocycles. The second-order valence-electron chi connectivity index (χ2n) is 4.10. The molecule has 1 aromatic rings. The summed E-state index contributed by atoms with van der Waals surface area (Å²) in [5.41, 5.74) is 2.06. The maximum atomic E-state index is 11.8. The fourth-order valence-corrected chi connectivity index (χ4v) is 2.15. The Balaban J connectivity index is 2.14. The topological polar surface area (TPSA) is 103 Å². The standard InChI is InChI=1S/C11H14N4O4S/c1-4-11(5-2)18-8(16)7(9(17)19-11)13-15-10-14-12-6(3)20-10/h4-5H2,1-3H3,(H,14,15). The van der Waals surface area contributed by atoms with Gasteiger partial charge in [-0.1, -0.05) is 25.2 Å². The molecule has 1 N–H and O–H groups in total. The molecular weight excluding hydrogens is 284 g/mol. The van der Waals surface area contributed by atoms with E-state index in [1.807, 2.05) is 0 Å². The highest BCUT2D eigenvalue weighted by molar-refractivity contribution is 7.15. The molecule has 20 heavy (non-hydrogen) atoms. The second kappa shape index (κ2) is 5.53. The molecule has 2 heterocycles. The van der Waals surface area contributed by atoms with Crippen molar-refractivity contribution < 1.29 is 19.1 Å². The van der Waals surface area contributed by atoms with Gasteiger partial charge in [0.1, 0.15) is 5.01 Å². The van der Waals surface area contributed by atoms with Crippen molar-refractivity contribution in [2.24, 2.45) is 5.10 Å². The lowest BCUT2D eigenvalue weighted by molar-refractivity contribution is -0.230. The van der Waals surface area contributed by atoms with Crippen molar-refractivity contribution in [1.29, 1.82) is 0 Å². The molecule has 0 aliphatic carbocycles. The number of esters is 2. The zero-order valence-corrected chi connectivity index (χ0v) is 12.1. The van der Waals surface area contributed by atoms with Gasteiger partial charge in [-0.15, -0.1) is 10.2 Å². The zero-order chi connectivity index (χ0) is 14.8. The molecule has 0 aromatic carbocycles. The Labute approximate surface area is 119 Å². The Bertz CT molecular complexity index is 543. The van der Waals surface area contributed by atoms with E-state index < -0.39 is 23.4 Å². The Morgan fingerprint density at radius 3 is 2.25 bits per heavy atom. The van der Waals surface area contributed by atoms with Crippen LogP contribution in [0.5, 0.6) is 0 Å². The van der Waals surface area contributed by atoms with E-state index in [2.05, 4.69) is 20.7 Å². The predicted octanol–water partition coefficient (Wildman–Crippen LogP) is 1.23. The highest BCUT2D eigenvalue weighted by Crippen LogP contribution is 2.26. The van der Waals surface area contributed by atoms with Crippen LogP contribution in [0.2, 0.25) is 0 Å². The SMILES string of the molecule is CCC1(CC)OC(=O)C(=NNc2nnc(C)s2)C(=O)O1. The molecule has 1 saturated heterocycles. The monoisotopic (exact) mass is 298 g/mol. The van der Waals surface area contributed by atoms with Gasteiger partial charge in [0.2, 0.25) is 5.13 Å². The van der Waals surface area contributed by atoms with Crippen LogP contribution in [0.15, 0.2) is 5.10 Å². The number of hydrogen-bond donors (Lipinski definition) is 1. The Morgan fingerprint density at radius 2 is 1.80 bits per heavy atom. The van der Waals surface area contributed by atoms with E-state index in [4.69, 9.17) is 9.47 Å². The Kier molecular flexibility index (Phi) is 3.98. The number of ether oxygens (including phenoxy) is 2. The van der Waals surface area contributed by atoms with Crippen molar-refractivity contribution in [2.45, 2.75) is 39.4 Å². The number of aryl methyl sites for hydroxylation is 1. The third kappa shape index (κ3) is 2.77. The molecule has 0 radical (unpaired) electrons. The minimum absolute atomic E-state index is 0.374. The average molecular weight is 298 g/mol. The number of nitrogens with one attached hydrogen (secondary N) is 1. The maximum Gasteiger partial charge on any atom is 0.369 e. The molecule has 2 rings (SSSR count). The van der Waals surface area contributed by atoms with Crippen LogP contribution >= 0.6 is 11.3 Å². The third-order valence-corrected chi connectivity index (χ3v) is 3.55. The van der Waals surface area contributed by atoms with Crippen molar-refractivity contribution >= 4 is 34.1 Å². The first-order valence-electron chi connectivity index (χ1n) is 6.10. The van der Waals surface area contributed by atoms with Crippen LogP contribution in [0.3, 0.4) is 0 Å². The summed E-state index contributed by atoms with van der Waals surface area (Å²) in [6.07, 6.45) is 0.772. The van der Waals surface area contributed by atoms with E-state index >= 15 is 0 Å². The van der Waals surface area contributed by atoms with E-state index in [-0.39, 0.29) is 0 Å². The summed E-state index contributed by atoms with van der Waals surface area (Å²) in [5.74, 6) is -2.80. The quantitative estimate of drug-likeness (QED) is 0.658. The van der Waals surface area contributed by atoms with Gasteiger partial charge in [-0.3, -0.25) is 5.43 Å². The fourth-order valence-electron chi connectivity index (χ4n) is 1.61. The van der Waals surface area contributed by atoms with Crippen LogP contribution in [0.4, 0.5) is 5.13 Å². The minimum Gasteiger partial charge on any atom is -0.418 e. The summed E-state index contributed by atoms with van der Waals surface area (Å²) >= 11 is 1.24. The number of anilines is 1. The number of rotatable bonds is 4. The van der Waals surface area contributed by atoms with Crippen LogP contribution in [-0.4, -0.2) is 33.6 Å². The highest BCUT2D eigenvalue weighted by Gasteiger charge is 2.45. The molecule has 9 heteroatoms. The van der Waals surface area contributed by atoms with Gasteiger partial charge in [0, 0.05) is 12.8 Å². The van der Waals surface area contributed by atoms with E-state index in [0.29, 0.717) is 18.0 Å². The summed E-state index contributed by atoms with van der Waals surface area (Å²) in [5, 5.41) is 12.3. The molecule has 8 nitrogen and oxygen atoms in total. The molecule has 1 aromatic heterocycles. The van der Waals surface area contributed by atoms with Gasteiger partial charge in [-0.05, 0) is 6.92 Å². The molecule has 0 unspecified atom stereocenters. The third-order valence-electron chi connectivity index (χ3n) is 2.81. The van der Waals surface area contributed by atoms with Crippen molar-refractivity contribution in [3.8, 4) is 0 Å². The zero-order valence-electron chi connectivity index (χ0n) is 11.3. The predicted molar refractivity (Wildman–Crippen MR) is 71.2 cm³/mol. The highest BCUT2D eigenvalue weighted by atomic mass is 32.1. The number of carbonyl (C=O) groups excluding carboxylic acids is 2. The van der Waals surface area contributed by atoms with Crippen molar-refractivity contribution in [3.63, 3.8) is 0 Å². The second-order valence-corrected chi connectivity index (χ2v) is 5.28. The van der Waals surface area contributed by atoms with Crippen LogP contribution in [0.1, 0.15) is 31.7 Å². The van der Waals surface area contributed by atoms with Crippen LogP contribution in [0.25, 0.3) is 0 Å². The summed E-state index contributed by atoms with van der Waals surface area (Å²) in [6.45, 7) is 5.32. The molecule has 108 valence electrons. The molecule has 1 aliphatic rings. The van der Waals surface area contributed by atoms with Crippen molar-refractivity contribution in [1.82, 2.24) is 10.2 Å². The van der Waals surface area contributed by atoms with E-state index in [9.17, 15) is 9.59 Å². The van der Waals surface area contributed by atoms with E-state index in [0.717, 1.165) is 5.01 Å². The lowest BCUT2D eigenvalue weighted by Gasteiger charge is -2.34. The lowest BCUT2D eigenvalue weighted by Crippen LogP contribution is -2.50. The number of aromatic nitrogens is 2. The van der Waals surface area contributed by atoms with Gasteiger partial charge in [0.25, 0.3) is 11.5 Å². The molecule has 0 spiro atoms. The largest absolute Gasteiger partial charge is 0.418 e. The van der Waals surface area contributed by atoms with Crippen molar-refractivity contribution in [3.05, 3.63) is 5.01 Å². The smallest absolute Gasteiger partial charge is 0.369 e. The molecule has 0 bridgehead atoms. The number of cyclic esters (lactones) is 2. The number of hydrogen-bond acceptors (Lipinski definition) is 9. The first-order valence-corrected chi connectivity index (χ1v) is 6.92. The van der Waals surface area contributed by atoms with Crippen LogP contribution in [-0.2, 0) is 19.1 Å². The first-order chi connectivity index (χ1) is 9.49. The van der Waals surface area contributed by atoms with Gasteiger partial charge >= 0.3 is 11.9 Å². The minimum atomic E-state index is -1.19. The summed E-state index contributed by atoms with van der Waals surface area (Å²) in [6, 6.07) is 0. The number of carbonyl (C=O) groups is 2. The maximum absolute atomic E-state index is 11.8. The molecule has 0 amide bonds. The average Bonchev–Trinajstić information content (AvgIpc) is 2.83. The van der Waals surface area contributed by atoms with Gasteiger partial charge in [0.15, 0.2) is 0 Å². The summed E-state index contributed by atoms with van der Waals surface area (Å²) in [4.78, 5) is 23.7. The van der Waals surface area contributed by atoms with Gasteiger partial charge < -0.3 is 9.47 Å². The van der Waals surface area contributed by atoms with Gasteiger partial charge in [-0.2, -0.15) is 5.10 Å². The lowest BCUT2D eigenvalue weighted by atomic mass is 10.1. The number of hydrazone groups is 1. The molecular formula is C11H14N4O4S. The van der Waals surface area contributed by atoms with Gasteiger partial charge in [-0.25, -0.2) is 9.59 Å². The van der Waals surface area contributed by atoms with Crippen LogP contribution in [0, 0.1) is 6.92 Å². The van der Waals surface area contributed by atoms with E-state index in [1.165, 1.54) is 11.3 Å². The fraction of sp³-hybridized carbons (Fsp3) is 0.545. The summed E-state index contributed by atoms with van der Waals surface area (Å²) in [7, 11) is 0. The Morgan fingerprint density at radius 1 is 1.20 bits per heavy atom. The van der Waals surface area contributed by atoms with E-state index in [1.54, 1.807) is 20.8 Å². The first kappa shape index (κ1) is 14.4. The summed E-state index contributed by atoms with van der Waals surface area (Å²) < 4.78 is 10.3. The normalized spacial score (nSPS) is 17.4. The molecule has 1 fully saturated rings.